The van der Waals surface area contributed by atoms with Crippen molar-refractivity contribution in [2.24, 2.45) is 0 Å². The van der Waals surface area contributed by atoms with Gasteiger partial charge in [-0.3, -0.25) is 0 Å². The van der Waals surface area contributed by atoms with Gasteiger partial charge in [0.05, 0.1) is 0 Å². The summed E-state index contributed by atoms with van der Waals surface area (Å²) in [5, 5.41) is 28.1. The van der Waals surface area contributed by atoms with Crippen molar-refractivity contribution in [3.8, 4) is 0 Å². The van der Waals surface area contributed by atoms with Crippen molar-refractivity contribution in [1.29, 1.82) is 0 Å². The lowest BCUT2D eigenvalue weighted by molar-refractivity contribution is 0.215. The van der Waals surface area contributed by atoms with Crippen molar-refractivity contribution in [1.82, 2.24) is 0 Å². The molecule has 0 aliphatic heterocycles. The van der Waals surface area contributed by atoms with Gasteiger partial charge in [-0.1, -0.05) is 24.3 Å². The molecule has 0 aliphatic rings. The van der Waals surface area contributed by atoms with Crippen LogP contribution < -0.4 is 5.46 Å². The molecule has 2 rings (SSSR count). The molecule has 19 heavy (non-hydrogen) atoms. The van der Waals surface area contributed by atoms with E-state index in [1.165, 1.54) is 18.2 Å². The average molecular weight is 264 g/mol. The molecule has 0 heterocycles. The SMILES string of the molecule is OB(O)c1ccc(F)c([C@H](O)c2ccc(F)cc2)c1. The van der Waals surface area contributed by atoms with Gasteiger partial charge in [0.1, 0.15) is 17.7 Å². The highest BCUT2D eigenvalue weighted by Crippen LogP contribution is 2.23. The summed E-state index contributed by atoms with van der Waals surface area (Å²) < 4.78 is 26.4. The van der Waals surface area contributed by atoms with Crippen LogP contribution in [0.3, 0.4) is 0 Å². The predicted molar refractivity (Wildman–Crippen MR) is 66.7 cm³/mol. The first-order valence-corrected chi connectivity index (χ1v) is 5.58. The van der Waals surface area contributed by atoms with Crippen LogP contribution in [0.15, 0.2) is 42.5 Å². The number of aliphatic hydroxyl groups excluding tert-OH is 1. The van der Waals surface area contributed by atoms with Crippen LogP contribution in [0.2, 0.25) is 0 Å². The van der Waals surface area contributed by atoms with Gasteiger partial charge in [-0.25, -0.2) is 8.78 Å². The van der Waals surface area contributed by atoms with Gasteiger partial charge in [-0.15, -0.1) is 0 Å². The van der Waals surface area contributed by atoms with E-state index in [0.29, 0.717) is 5.56 Å². The highest BCUT2D eigenvalue weighted by Gasteiger charge is 2.19. The lowest BCUT2D eigenvalue weighted by Gasteiger charge is -2.13. The van der Waals surface area contributed by atoms with Gasteiger partial charge in [0, 0.05) is 5.56 Å². The standard InChI is InChI=1S/C13H11BF2O3/c15-10-4-1-8(2-5-10)13(17)11-7-9(14(18)19)3-6-12(11)16/h1-7,13,17-19H/t13-/m1/s1. The largest absolute Gasteiger partial charge is 0.488 e. The molecule has 0 unspecified atom stereocenters. The second-order valence-corrected chi connectivity index (χ2v) is 4.11. The van der Waals surface area contributed by atoms with Crippen LogP contribution in [0, 0.1) is 11.6 Å². The maximum Gasteiger partial charge on any atom is 0.488 e. The highest BCUT2D eigenvalue weighted by molar-refractivity contribution is 6.58. The van der Waals surface area contributed by atoms with Crippen molar-refractivity contribution in [2.75, 3.05) is 0 Å². The van der Waals surface area contributed by atoms with Crippen molar-refractivity contribution < 1.29 is 23.9 Å². The molecule has 98 valence electrons. The average Bonchev–Trinajstić information content (AvgIpc) is 2.39. The zero-order valence-electron chi connectivity index (χ0n) is 9.79. The number of rotatable bonds is 3. The Hall–Kier alpha value is -1.76. The zero-order chi connectivity index (χ0) is 14.0. The van der Waals surface area contributed by atoms with E-state index in [2.05, 4.69) is 0 Å². The third-order valence-corrected chi connectivity index (χ3v) is 2.80. The maximum atomic E-state index is 13.7. The maximum absolute atomic E-state index is 13.7. The molecule has 6 heteroatoms. The number of hydrogen-bond donors (Lipinski definition) is 3. The lowest BCUT2D eigenvalue weighted by atomic mass is 9.79. The Labute approximate surface area is 108 Å². The van der Waals surface area contributed by atoms with Gasteiger partial charge in [0.15, 0.2) is 0 Å². The Morgan fingerprint density at radius 1 is 0.947 bits per heavy atom. The zero-order valence-corrected chi connectivity index (χ0v) is 9.79. The molecule has 0 fully saturated rings. The van der Waals surface area contributed by atoms with Gasteiger partial charge in [-0.05, 0) is 29.2 Å². The molecule has 0 bridgehead atoms. The Balaban J connectivity index is 2.40. The summed E-state index contributed by atoms with van der Waals surface area (Å²) in [4.78, 5) is 0. The summed E-state index contributed by atoms with van der Waals surface area (Å²) in [5.41, 5.74) is 0.277. The third-order valence-electron chi connectivity index (χ3n) is 2.80. The molecular weight excluding hydrogens is 253 g/mol. The van der Waals surface area contributed by atoms with Gasteiger partial charge < -0.3 is 15.2 Å². The molecule has 0 amide bonds. The van der Waals surface area contributed by atoms with E-state index in [9.17, 15) is 13.9 Å². The van der Waals surface area contributed by atoms with Crippen molar-refractivity contribution in [3.63, 3.8) is 0 Å². The fraction of sp³-hybridized carbons (Fsp3) is 0.0769. The Bertz CT molecular complexity index is 573. The van der Waals surface area contributed by atoms with Crippen LogP contribution in [0.25, 0.3) is 0 Å². The van der Waals surface area contributed by atoms with Crippen LogP contribution in [0.4, 0.5) is 8.78 Å². The minimum Gasteiger partial charge on any atom is -0.423 e. The van der Waals surface area contributed by atoms with E-state index in [-0.39, 0.29) is 11.0 Å². The smallest absolute Gasteiger partial charge is 0.423 e. The van der Waals surface area contributed by atoms with Crippen molar-refractivity contribution in [2.45, 2.75) is 6.10 Å². The molecule has 2 aromatic rings. The highest BCUT2D eigenvalue weighted by atomic mass is 19.1. The first kappa shape index (κ1) is 13.7. The summed E-state index contributed by atoms with van der Waals surface area (Å²) in [7, 11) is -1.75. The van der Waals surface area contributed by atoms with Crippen LogP contribution in [0.5, 0.6) is 0 Å². The van der Waals surface area contributed by atoms with Gasteiger partial charge >= 0.3 is 7.12 Å². The molecule has 0 saturated carbocycles. The fourth-order valence-corrected chi connectivity index (χ4v) is 1.76. The van der Waals surface area contributed by atoms with Crippen LogP contribution in [0.1, 0.15) is 17.2 Å². The molecular formula is C13H11BF2O3. The second kappa shape index (κ2) is 5.48. The number of hydrogen-bond acceptors (Lipinski definition) is 3. The fourth-order valence-electron chi connectivity index (χ4n) is 1.76. The first-order chi connectivity index (χ1) is 8.99. The molecule has 0 radical (unpaired) electrons. The normalized spacial score (nSPS) is 12.3. The third kappa shape index (κ3) is 2.98. The van der Waals surface area contributed by atoms with Crippen LogP contribution in [-0.2, 0) is 0 Å². The molecule has 1 atom stereocenters. The van der Waals surface area contributed by atoms with E-state index >= 15 is 0 Å². The minimum atomic E-state index is -1.75. The monoisotopic (exact) mass is 264 g/mol. The molecule has 3 nitrogen and oxygen atoms in total. The molecule has 0 aromatic heterocycles. The minimum absolute atomic E-state index is 0.0672. The van der Waals surface area contributed by atoms with E-state index in [0.717, 1.165) is 24.3 Å². The summed E-state index contributed by atoms with van der Waals surface area (Å²) in [6.45, 7) is 0. The van der Waals surface area contributed by atoms with E-state index in [1.807, 2.05) is 0 Å². The van der Waals surface area contributed by atoms with Crippen molar-refractivity contribution >= 4 is 12.6 Å². The van der Waals surface area contributed by atoms with E-state index in [4.69, 9.17) is 10.0 Å². The topological polar surface area (TPSA) is 60.7 Å². The van der Waals surface area contributed by atoms with E-state index in [1.54, 1.807) is 0 Å². The summed E-state index contributed by atoms with van der Waals surface area (Å²) in [6, 6.07) is 8.39. The molecule has 0 aliphatic carbocycles. The molecule has 0 spiro atoms. The number of benzene rings is 2. The Morgan fingerprint density at radius 2 is 1.58 bits per heavy atom. The summed E-state index contributed by atoms with van der Waals surface area (Å²) in [6.07, 6.45) is -1.31. The lowest BCUT2D eigenvalue weighted by Crippen LogP contribution is -2.30. The molecule has 0 saturated heterocycles. The Kier molecular flexibility index (Phi) is 3.94. The first-order valence-electron chi connectivity index (χ1n) is 5.58. The van der Waals surface area contributed by atoms with E-state index < -0.39 is 24.9 Å². The van der Waals surface area contributed by atoms with Crippen LogP contribution in [-0.4, -0.2) is 22.3 Å². The van der Waals surface area contributed by atoms with Crippen LogP contribution >= 0.6 is 0 Å². The Morgan fingerprint density at radius 3 is 2.16 bits per heavy atom. The van der Waals surface area contributed by atoms with Gasteiger partial charge in [-0.2, -0.15) is 0 Å². The van der Waals surface area contributed by atoms with Gasteiger partial charge in [0.2, 0.25) is 0 Å². The number of aliphatic hydroxyl groups is 1. The predicted octanol–water partition coefficient (Wildman–Crippen LogP) is 0.726. The molecule has 3 N–H and O–H groups in total. The van der Waals surface area contributed by atoms with Crippen molar-refractivity contribution in [3.05, 3.63) is 65.2 Å². The summed E-state index contributed by atoms with van der Waals surface area (Å²) >= 11 is 0. The number of halogens is 2. The summed E-state index contributed by atoms with van der Waals surface area (Å²) in [5.74, 6) is -1.14. The van der Waals surface area contributed by atoms with Gasteiger partial charge in [0.25, 0.3) is 0 Å². The molecule has 2 aromatic carbocycles. The quantitative estimate of drug-likeness (QED) is 0.716. The second-order valence-electron chi connectivity index (χ2n) is 4.11.